The first kappa shape index (κ1) is 20.4. The summed E-state index contributed by atoms with van der Waals surface area (Å²) in [5.41, 5.74) is 1.32. The Balaban J connectivity index is 1.37. The number of benzene rings is 1. The third kappa shape index (κ3) is 5.58. The Morgan fingerprint density at radius 3 is 2.46 bits per heavy atom. The van der Waals surface area contributed by atoms with E-state index in [9.17, 15) is 9.59 Å². The van der Waals surface area contributed by atoms with Crippen LogP contribution in [0, 0.1) is 12.8 Å². The molecule has 0 saturated carbocycles. The fourth-order valence-electron chi connectivity index (χ4n) is 3.55. The molecular weight excluding hydrogens is 372 g/mol. The van der Waals surface area contributed by atoms with E-state index in [0.29, 0.717) is 10.8 Å². The maximum Gasteiger partial charge on any atom is 0.261 e. The zero-order chi connectivity index (χ0) is 19.9. The van der Waals surface area contributed by atoms with Crippen LogP contribution in [0.1, 0.15) is 39.4 Å². The van der Waals surface area contributed by atoms with E-state index in [0.717, 1.165) is 49.4 Å². The van der Waals surface area contributed by atoms with Gasteiger partial charge in [0.15, 0.2) is 0 Å². The second-order valence-electron chi connectivity index (χ2n) is 7.30. The van der Waals surface area contributed by atoms with E-state index in [1.165, 1.54) is 16.9 Å². The van der Waals surface area contributed by atoms with Crippen LogP contribution in [0.15, 0.2) is 36.4 Å². The highest BCUT2D eigenvalue weighted by atomic mass is 32.1. The molecule has 1 N–H and O–H groups in total. The minimum absolute atomic E-state index is 0.00947. The number of nitrogens with zero attached hydrogens (tertiary/aromatic N) is 1. The van der Waals surface area contributed by atoms with Gasteiger partial charge in [-0.3, -0.25) is 9.59 Å². The summed E-state index contributed by atoms with van der Waals surface area (Å²) in [6.07, 6.45) is 4.25. The fourth-order valence-corrected chi connectivity index (χ4v) is 4.33. The normalized spacial score (nSPS) is 14.7. The molecular formula is C22H28N2O3S. The lowest BCUT2D eigenvalue weighted by Crippen LogP contribution is -2.44. The van der Waals surface area contributed by atoms with Gasteiger partial charge in [0.2, 0.25) is 5.91 Å². The molecule has 1 aromatic heterocycles. The van der Waals surface area contributed by atoms with Crippen LogP contribution in [0.25, 0.3) is 0 Å². The average Bonchev–Trinajstić information content (AvgIpc) is 3.17. The maximum atomic E-state index is 12.4. The number of ether oxygens (including phenoxy) is 1. The number of amides is 2. The van der Waals surface area contributed by atoms with Crippen molar-refractivity contribution in [1.82, 2.24) is 10.2 Å². The lowest BCUT2D eigenvalue weighted by Gasteiger charge is -2.32. The van der Waals surface area contributed by atoms with Crippen molar-refractivity contribution in [3.8, 4) is 5.75 Å². The number of thiophene rings is 1. The van der Waals surface area contributed by atoms with Crippen LogP contribution in [0.3, 0.4) is 0 Å². The largest absolute Gasteiger partial charge is 0.497 e. The fraction of sp³-hybridized carbons (Fsp3) is 0.455. The van der Waals surface area contributed by atoms with Crippen LogP contribution >= 0.6 is 11.3 Å². The Hall–Kier alpha value is -2.34. The highest BCUT2D eigenvalue weighted by molar-refractivity contribution is 7.13. The molecule has 0 radical (unpaired) electrons. The van der Waals surface area contributed by atoms with Gasteiger partial charge in [-0.1, -0.05) is 12.1 Å². The van der Waals surface area contributed by atoms with E-state index in [-0.39, 0.29) is 18.4 Å². The minimum atomic E-state index is -0.166. The average molecular weight is 401 g/mol. The first-order chi connectivity index (χ1) is 13.5. The van der Waals surface area contributed by atoms with Gasteiger partial charge in [0.1, 0.15) is 5.75 Å². The summed E-state index contributed by atoms with van der Waals surface area (Å²) in [4.78, 5) is 28.1. The lowest BCUT2D eigenvalue weighted by molar-refractivity contribution is -0.131. The number of methoxy groups -OCH3 is 1. The Morgan fingerprint density at radius 1 is 1.14 bits per heavy atom. The number of hydrogen-bond acceptors (Lipinski definition) is 4. The van der Waals surface area contributed by atoms with Gasteiger partial charge in [0.05, 0.1) is 18.5 Å². The highest BCUT2D eigenvalue weighted by Crippen LogP contribution is 2.23. The van der Waals surface area contributed by atoms with Gasteiger partial charge in [0, 0.05) is 18.0 Å². The number of rotatable bonds is 7. The number of likely N-dealkylation sites (tertiary alicyclic amines) is 1. The number of aryl methyl sites for hydroxylation is 2. The molecule has 6 heteroatoms. The molecule has 150 valence electrons. The third-order valence-corrected chi connectivity index (χ3v) is 6.33. The summed E-state index contributed by atoms with van der Waals surface area (Å²) in [7, 11) is 1.68. The summed E-state index contributed by atoms with van der Waals surface area (Å²) in [6, 6.07) is 12.0. The van der Waals surface area contributed by atoms with Gasteiger partial charge >= 0.3 is 0 Å². The molecule has 0 aliphatic carbocycles. The van der Waals surface area contributed by atoms with Crippen molar-refractivity contribution in [3.63, 3.8) is 0 Å². The molecule has 2 amide bonds. The number of hydrogen-bond donors (Lipinski definition) is 1. The summed E-state index contributed by atoms with van der Waals surface area (Å²) < 4.78 is 5.20. The molecule has 1 aliphatic rings. The van der Waals surface area contributed by atoms with Crippen LogP contribution in [0.2, 0.25) is 0 Å². The van der Waals surface area contributed by atoms with E-state index in [2.05, 4.69) is 17.4 Å². The summed E-state index contributed by atoms with van der Waals surface area (Å²) in [5.74, 6) is 1.38. The molecule has 1 saturated heterocycles. The minimum Gasteiger partial charge on any atom is -0.497 e. The topological polar surface area (TPSA) is 58.6 Å². The quantitative estimate of drug-likeness (QED) is 0.772. The highest BCUT2D eigenvalue weighted by Gasteiger charge is 2.23. The van der Waals surface area contributed by atoms with Gasteiger partial charge < -0.3 is 15.0 Å². The van der Waals surface area contributed by atoms with E-state index in [4.69, 9.17) is 4.74 Å². The molecule has 0 spiro atoms. The molecule has 0 atom stereocenters. The molecule has 2 heterocycles. The van der Waals surface area contributed by atoms with Gasteiger partial charge in [-0.05, 0) is 68.4 Å². The van der Waals surface area contributed by atoms with E-state index in [1.807, 2.05) is 30.0 Å². The second kappa shape index (κ2) is 9.73. The maximum absolute atomic E-state index is 12.4. The zero-order valence-corrected chi connectivity index (χ0v) is 17.4. The summed E-state index contributed by atoms with van der Waals surface area (Å²) in [6.45, 7) is 3.60. The molecule has 1 aromatic carbocycles. The van der Waals surface area contributed by atoms with E-state index < -0.39 is 0 Å². The zero-order valence-electron chi connectivity index (χ0n) is 16.6. The lowest BCUT2D eigenvalue weighted by atomic mass is 9.90. The van der Waals surface area contributed by atoms with Crippen molar-refractivity contribution < 1.29 is 14.3 Å². The van der Waals surface area contributed by atoms with Crippen molar-refractivity contribution in [1.29, 1.82) is 0 Å². The number of carbonyl (C=O) groups is 2. The van der Waals surface area contributed by atoms with Crippen molar-refractivity contribution in [2.75, 3.05) is 26.7 Å². The third-order valence-electron chi connectivity index (χ3n) is 5.33. The smallest absolute Gasteiger partial charge is 0.261 e. The number of piperidine rings is 1. The van der Waals surface area contributed by atoms with Crippen LogP contribution < -0.4 is 10.1 Å². The van der Waals surface area contributed by atoms with Gasteiger partial charge in [-0.25, -0.2) is 0 Å². The van der Waals surface area contributed by atoms with Crippen molar-refractivity contribution in [3.05, 3.63) is 51.7 Å². The van der Waals surface area contributed by atoms with Crippen LogP contribution in [-0.4, -0.2) is 43.5 Å². The summed E-state index contributed by atoms with van der Waals surface area (Å²) in [5, 5.41) is 2.75. The molecule has 2 aromatic rings. The standard InChI is InChI=1S/C22H28N2O3S/c1-16-3-10-20(28-16)22(26)23-15-21(25)24-13-11-18(12-14-24)5-4-17-6-8-19(27-2)9-7-17/h3,6-10,18H,4-5,11-15H2,1-2H3,(H,23,26). The first-order valence-electron chi connectivity index (χ1n) is 9.80. The molecule has 5 nitrogen and oxygen atoms in total. The van der Waals surface area contributed by atoms with Gasteiger partial charge in [-0.15, -0.1) is 11.3 Å². The molecule has 0 unspecified atom stereocenters. The summed E-state index contributed by atoms with van der Waals surface area (Å²) >= 11 is 1.45. The predicted molar refractivity (Wildman–Crippen MR) is 112 cm³/mol. The van der Waals surface area contributed by atoms with Crippen molar-refractivity contribution in [2.45, 2.75) is 32.6 Å². The molecule has 0 bridgehead atoms. The van der Waals surface area contributed by atoms with E-state index in [1.54, 1.807) is 13.2 Å². The molecule has 1 fully saturated rings. The van der Waals surface area contributed by atoms with Gasteiger partial charge in [-0.2, -0.15) is 0 Å². The Morgan fingerprint density at radius 2 is 1.86 bits per heavy atom. The number of carbonyl (C=O) groups excluding carboxylic acids is 2. The molecule has 1 aliphatic heterocycles. The van der Waals surface area contributed by atoms with Crippen LogP contribution in [-0.2, 0) is 11.2 Å². The van der Waals surface area contributed by atoms with Crippen molar-refractivity contribution >= 4 is 23.2 Å². The number of nitrogens with one attached hydrogen (secondary N) is 1. The first-order valence-corrected chi connectivity index (χ1v) is 10.6. The SMILES string of the molecule is COc1ccc(CCC2CCN(C(=O)CNC(=O)c3ccc(C)s3)CC2)cc1. The predicted octanol–water partition coefficient (Wildman–Crippen LogP) is 3.67. The van der Waals surface area contributed by atoms with Gasteiger partial charge in [0.25, 0.3) is 5.91 Å². The Bertz CT molecular complexity index is 792. The van der Waals surface area contributed by atoms with E-state index >= 15 is 0 Å². The molecule has 28 heavy (non-hydrogen) atoms. The molecule has 3 rings (SSSR count). The second-order valence-corrected chi connectivity index (χ2v) is 8.59. The van der Waals surface area contributed by atoms with Crippen LogP contribution in [0.5, 0.6) is 5.75 Å². The Kier molecular flexibility index (Phi) is 7.09. The van der Waals surface area contributed by atoms with Crippen molar-refractivity contribution in [2.24, 2.45) is 5.92 Å². The Labute approximate surface area is 170 Å². The monoisotopic (exact) mass is 400 g/mol. The van der Waals surface area contributed by atoms with Crippen LogP contribution in [0.4, 0.5) is 0 Å².